The Labute approximate surface area is 98.9 Å². The van der Waals surface area contributed by atoms with Crippen molar-refractivity contribution in [2.24, 2.45) is 0 Å². The maximum atomic E-state index is 12.6. The minimum absolute atomic E-state index is 0.220. The molecule has 0 spiro atoms. The molecule has 3 nitrogen and oxygen atoms in total. The molecule has 0 heterocycles. The first-order valence-corrected chi connectivity index (χ1v) is 6.00. The summed E-state index contributed by atoms with van der Waals surface area (Å²) in [5.74, 6) is -0.281. The van der Waals surface area contributed by atoms with E-state index in [-0.39, 0.29) is 11.8 Å². The number of unbranched alkanes of at least 4 members (excludes halogenated alkanes) is 1. The second kappa shape index (κ2) is 7.11. The molecular weight excluding hydrogens is 227 g/mol. The van der Waals surface area contributed by atoms with Gasteiger partial charge in [0.2, 0.25) is 0 Å². The number of amides is 2. The Kier molecular flexibility index (Phi) is 5.71. The zero-order valence-electron chi connectivity index (χ0n) is 9.13. The summed E-state index contributed by atoms with van der Waals surface area (Å²) in [6.07, 6.45) is 2.01. The first-order valence-electron chi connectivity index (χ1n) is 5.18. The number of hydrogen-bond donors (Lipinski definition) is 2. The average molecular weight is 242 g/mol. The molecule has 0 unspecified atom stereocenters. The molecule has 0 aliphatic rings. The molecule has 88 valence electrons. The lowest BCUT2D eigenvalue weighted by molar-refractivity contribution is 0.246. The van der Waals surface area contributed by atoms with Gasteiger partial charge in [0.25, 0.3) is 0 Å². The van der Waals surface area contributed by atoms with Gasteiger partial charge in [0.15, 0.2) is 0 Å². The Morgan fingerprint density at radius 1 is 1.38 bits per heavy atom. The Balaban J connectivity index is 2.23. The van der Waals surface area contributed by atoms with Gasteiger partial charge in [-0.3, -0.25) is 4.72 Å². The van der Waals surface area contributed by atoms with E-state index in [9.17, 15) is 9.18 Å². The Bertz CT molecular complexity index is 329. The molecule has 5 heteroatoms. The van der Waals surface area contributed by atoms with E-state index in [0.29, 0.717) is 6.54 Å². The predicted octanol–water partition coefficient (Wildman–Crippen LogP) is 2.93. The SMILES string of the molecule is CCCCNC(=O)NSc1ccc(F)cc1. The zero-order chi connectivity index (χ0) is 11.8. The number of rotatable bonds is 5. The maximum Gasteiger partial charge on any atom is 0.325 e. The first kappa shape index (κ1) is 12.8. The fraction of sp³-hybridized carbons (Fsp3) is 0.364. The lowest BCUT2D eigenvalue weighted by Crippen LogP contribution is -2.31. The van der Waals surface area contributed by atoms with Crippen molar-refractivity contribution in [2.45, 2.75) is 24.7 Å². The van der Waals surface area contributed by atoms with Gasteiger partial charge in [-0.15, -0.1) is 0 Å². The second-order valence-electron chi connectivity index (χ2n) is 3.27. The molecule has 2 N–H and O–H groups in total. The molecule has 0 aliphatic carbocycles. The number of carbonyl (C=O) groups excluding carboxylic acids is 1. The minimum atomic E-state index is -0.281. The molecule has 0 atom stereocenters. The largest absolute Gasteiger partial charge is 0.337 e. The molecule has 1 aromatic carbocycles. The van der Waals surface area contributed by atoms with Gasteiger partial charge < -0.3 is 5.32 Å². The standard InChI is InChI=1S/C11H15FN2OS/c1-2-3-8-13-11(15)14-16-10-6-4-9(12)5-7-10/h4-7H,2-3,8H2,1H3,(H2,13,14,15). The summed E-state index contributed by atoms with van der Waals surface area (Å²) in [4.78, 5) is 12.0. The van der Waals surface area contributed by atoms with Crippen LogP contribution in [0.5, 0.6) is 0 Å². The van der Waals surface area contributed by atoms with Crippen LogP contribution in [0.4, 0.5) is 9.18 Å². The summed E-state index contributed by atoms with van der Waals surface area (Å²) in [5.41, 5.74) is 0. The van der Waals surface area contributed by atoms with Crippen molar-refractivity contribution >= 4 is 18.0 Å². The van der Waals surface area contributed by atoms with Gasteiger partial charge in [-0.25, -0.2) is 9.18 Å². The van der Waals surface area contributed by atoms with Crippen LogP contribution < -0.4 is 10.0 Å². The number of nitrogens with one attached hydrogen (secondary N) is 2. The topological polar surface area (TPSA) is 41.1 Å². The summed E-state index contributed by atoms with van der Waals surface area (Å²) in [5, 5.41) is 2.72. The van der Waals surface area contributed by atoms with Gasteiger partial charge in [0, 0.05) is 11.4 Å². The van der Waals surface area contributed by atoms with Crippen molar-refractivity contribution in [1.82, 2.24) is 10.0 Å². The van der Waals surface area contributed by atoms with E-state index in [4.69, 9.17) is 0 Å². The number of halogens is 1. The third-order valence-corrected chi connectivity index (χ3v) is 2.69. The third-order valence-electron chi connectivity index (χ3n) is 1.89. The molecule has 1 aromatic rings. The van der Waals surface area contributed by atoms with E-state index in [0.717, 1.165) is 17.7 Å². The molecular formula is C11H15FN2OS. The molecule has 16 heavy (non-hydrogen) atoms. The zero-order valence-corrected chi connectivity index (χ0v) is 9.94. The minimum Gasteiger partial charge on any atom is -0.337 e. The fourth-order valence-electron chi connectivity index (χ4n) is 1.02. The third kappa shape index (κ3) is 5.02. The number of benzene rings is 1. The van der Waals surface area contributed by atoms with Gasteiger partial charge in [0.05, 0.1) is 0 Å². The van der Waals surface area contributed by atoms with Crippen molar-refractivity contribution in [3.8, 4) is 0 Å². The second-order valence-corrected chi connectivity index (χ2v) is 4.15. The van der Waals surface area contributed by atoms with Crippen LogP contribution in [-0.4, -0.2) is 12.6 Å². The maximum absolute atomic E-state index is 12.6. The summed E-state index contributed by atoms with van der Waals surface area (Å²) in [7, 11) is 0. The molecule has 2 amide bonds. The summed E-state index contributed by atoms with van der Waals surface area (Å²) in [6, 6.07) is 5.74. The highest BCUT2D eigenvalue weighted by Gasteiger charge is 2.00. The van der Waals surface area contributed by atoms with Gasteiger partial charge in [-0.05, 0) is 42.6 Å². The number of carbonyl (C=O) groups is 1. The summed E-state index contributed by atoms with van der Waals surface area (Å²) < 4.78 is 15.2. The van der Waals surface area contributed by atoms with E-state index in [1.165, 1.54) is 24.1 Å². The highest BCUT2D eigenvalue weighted by molar-refractivity contribution is 7.98. The lowest BCUT2D eigenvalue weighted by Gasteiger charge is -2.05. The number of urea groups is 1. The van der Waals surface area contributed by atoms with E-state index in [1.807, 2.05) is 0 Å². The monoisotopic (exact) mass is 242 g/mol. The van der Waals surface area contributed by atoms with Crippen molar-refractivity contribution in [1.29, 1.82) is 0 Å². The van der Waals surface area contributed by atoms with Crippen LogP contribution in [-0.2, 0) is 0 Å². The van der Waals surface area contributed by atoms with Crippen molar-refractivity contribution in [2.75, 3.05) is 6.54 Å². The van der Waals surface area contributed by atoms with Crippen LogP contribution in [0.3, 0.4) is 0 Å². The van der Waals surface area contributed by atoms with Gasteiger partial charge >= 0.3 is 6.03 Å². The normalized spacial score (nSPS) is 9.88. The Morgan fingerprint density at radius 3 is 2.69 bits per heavy atom. The van der Waals surface area contributed by atoms with Gasteiger partial charge in [-0.2, -0.15) is 0 Å². The smallest absolute Gasteiger partial charge is 0.325 e. The van der Waals surface area contributed by atoms with Crippen LogP contribution in [0.2, 0.25) is 0 Å². The van der Waals surface area contributed by atoms with Crippen LogP contribution in [0.25, 0.3) is 0 Å². The molecule has 0 fully saturated rings. The van der Waals surface area contributed by atoms with Crippen molar-refractivity contribution in [3.63, 3.8) is 0 Å². The van der Waals surface area contributed by atoms with E-state index in [1.54, 1.807) is 12.1 Å². The molecule has 0 aromatic heterocycles. The summed E-state index contributed by atoms with van der Waals surface area (Å²) in [6.45, 7) is 2.74. The van der Waals surface area contributed by atoms with Gasteiger partial charge in [-0.1, -0.05) is 13.3 Å². The van der Waals surface area contributed by atoms with Crippen molar-refractivity contribution < 1.29 is 9.18 Å². The van der Waals surface area contributed by atoms with E-state index in [2.05, 4.69) is 17.0 Å². The van der Waals surface area contributed by atoms with Crippen molar-refractivity contribution in [3.05, 3.63) is 30.1 Å². The molecule has 0 saturated heterocycles. The molecule has 0 saturated carbocycles. The molecule has 0 radical (unpaired) electrons. The number of hydrogen-bond acceptors (Lipinski definition) is 2. The fourth-order valence-corrected chi connectivity index (χ4v) is 1.58. The summed E-state index contributed by atoms with van der Waals surface area (Å²) >= 11 is 1.17. The highest BCUT2D eigenvalue weighted by atomic mass is 32.2. The molecule has 0 aliphatic heterocycles. The Hall–Kier alpha value is -1.23. The van der Waals surface area contributed by atoms with Crippen LogP contribution in [0.15, 0.2) is 29.2 Å². The van der Waals surface area contributed by atoms with Crippen LogP contribution in [0, 0.1) is 5.82 Å². The molecule has 0 bridgehead atoms. The lowest BCUT2D eigenvalue weighted by atomic mass is 10.3. The van der Waals surface area contributed by atoms with Crippen LogP contribution >= 0.6 is 11.9 Å². The van der Waals surface area contributed by atoms with Crippen LogP contribution in [0.1, 0.15) is 19.8 Å². The predicted molar refractivity (Wildman–Crippen MR) is 63.7 cm³/mol. The first-order chi connectivity index (χ1) is 7.72. The average Bonchev–Trinajstić information content (AvgIpc) is 2.29. The highest BCUT2D eigenvalue weighted by Crippen LogP contribution is 2.14. The Morgan fingerprint density at radius 2 is 2.06 bits per heavy atom. The van der Waals surface area contributed by atoms with E-state index < -0.39 is 0 Å². The molecule has 1 rings (SSSR count). The quantitative estimate of drug-likeness (QED) is 0.615. The van der Waals surface area contributed by atoms with E-state index >= 15 is 0 Å². The van der Waals surface area contributed by atoms with Gasteiger partial charge in [0.1, 0.15) is 5.82 Å².